The van der Waals surface area contributed by atoms with E-state index in [9.17, 15) is 0 Å². The molecule has 0 spiro atoms. The van der Waals surface area contributed by atoms with E-state index < -0.39 is 0 Å². The van der Waals surface area contributed by atoms with Crippen LogP contribution in [-0.4, -0.2) is 32.4 Å². The van der Waals surface area contributed by atoms with Crippen LogP contribution in [0, 0.1) is 6.07 Å². The van der Waals surface area contributed by atoms with Gasteiger partial charge in [0.05, 0.1) is 5.65 Å². The zero-order valence-corrected chi connectivity index (χ0v) is 16.2. The Bertz CT molecular complexity index is 871. The number of imidazole rings is 1. The van der Waals surface area contributed by atoms with Gasteiger partial charge in [0.15, 0.2) is 0 Å². The van der Waals surface area contributed by atoms with Gasteiger partial charge in [0, 0.05) is 17.4 Å². The molecular weight excluding hydrogens is 395 g/mol. The van der Waals surface area contributed by atoms with Crippen molar-refractivity contribution in [2.24, 2.45) is 0 Å². The van der Waals surface area contributed by atoms with E-state index in [-0.39, 0.29) is 47.0 Å². The van der Waals surface area contributed by atoms with Crippen molar-refractivity contribution < 1.29 is 24.0 Å². The topological polar surface area (TPSA) is 17.3 Å². The molecule has 106 valence electrons. The minimum Gasteiger partial charge on any atom is -1.00 e. The third kappa shape index (κ3) is 2.61. The molecule has 0 saturated carbocycles. The van der Waals surface area contributed by atoms with Gasteiger partial charge in [-0.15, -0.1) is 29.7 Å². The summed E-state index contributed by atoms with van der Waals surface area (Å²) in [5, 5.41) is 3.56. The van der Waals surface area contributed by atoms with Crippen LogP contribution < -0.4 is 24.0 Å². The number of pyridine rings is 1. The van der Waals surface area contributed by atoms with E-state index in [0.717, 1.165) is 16.7 Å². The van der Waals surface area contributed by atoms with Crippen molar-refractivity contribution >= 4 is 50.4 Å². The molecule has 0 saturated heterocycles. The molecule has 0 aliphatic heterocycles. The van der Waals surface area contributed by atoms with Crippen molar-refractivity contribution in [3.8, 4) is 0 Å². The van der Waals surface area contributed by atoms with Crippen LogP contribution in [0.5, 0.6) is 0 Å². The molecule has 0 aliphatic rings. The minimum atomic E-state index is 0. The predicted molar refractivity (Wildman–Crippen MR) is 88.9 cm³/mol. The number of hydrogen-bond donors (Lipinski definition) is 0. The third-order valence-electron chi connectivity index (χ3n) is 3.85. The number of hydrogen-bond acceptors (Lipinski definition) is 1. The number of benzene rings is 2. The first-order chi connectivity index (χ1) is 9.75. The molecule has 0 atom stereocenters. The summed E-state index contributed by atoms with van der Waals surface area (Å²) >= 11 is 0. The largest absolute Gasteiger partial charge is 2.00 e. The zero-order valence-electron chi connectivity index (χ0n) is 12.7. The SMILES string of the molecule is CC(C)c1cn2c3ccccc3c3ccc[c-]c3c2n1.[I-].[Mg+2]. The maximum Gasteiger partial charge on any atom is 2.00 e. The summed E-state index contributed by atoms with van der Waals surface area (Å²) in [5.41, 5.74) is 3.33. The summed E-state index contributed by atoms with van der Waals surface area (Å²) in [4.78, 5) is 4.82. The fourth-order valence-corrected chi connectivity index (χ4v) is 2.79. The second-order valence-corrected chi connectivity index (χ2v) is 5.49. The van der Waals surface area contributed by atoms with Crippen LogP contribution in [0.2, 0.25) is 0 Å². The molecular formula is C18H15IMgN2. The molecule has 2 heterocycles. The number of aromatic nitrogens is 2. The fraction of sp³-hybridized carbons (Fsp3) is 0.167. The zero-order chi connectivity index (χ0) is 13.7. The Balaban J connectivity index is 0.000000882. The molecule has 4 heteroatoms. The molecule has 0 fully saturated rings. The number of nitrogens with zero attached hydrogens (tertiary/aromatic N) is 2. The molecule has 2 aromatic heterocycles. The van der Waals surface area contributed by atoms with Crippen LogP contribution in [0.3, 0.4) is 0 Å². The van der Waals surface area contributed by atoms with Gasteiger partial charge in [0.25, 0.3) is 0 Å². The van der Waals surface area contributed by atoms with E-state index in [0.29, 0.717) is 5.92 Å². The van der Waals surface area contributed by atoms with Gasteiger partial charge < -0.3 is 28.4 Å². The van der Waals surface area contributed by atoms with Crippen LogP contribution >= 0.6 is 0 Å². The Morgan fingerprint density at radius 2 is 1.77 bits per heavy atom. The Morgan fingerprint density at radius 1 is 1.05 bits per heavy atom. The molecule has 0 bridgehead atoms. The summed E-state index contributed by atoms with van der Waals surface area (Å²) < 4.78 is 2.20. The maximum atomic E-state index is 4.82. The van der Waals surface area contributed by atoms with Gasteiger partial charge in [-0.1, -0.05) is 37.4 Å². The van der Waals surface area contributed by atoms with E-state index in [2.05, 4.69) is 60.8 Å². The Labute approximate surface area is 163 Å². The summed E-state index contributed by atoms with van der Waals surface area (Å²) in [6.45, 7) is 4.35. The molecule has 0 aliphatic carbocycles. The first-order valence-electron chi connectivity index (χ1n) is 6.96. The maximum absolute atomic E-state index is 4.82. The molecule has 4 aromatic rings. The van der Waals surface area contributed by atoms with E-state index in [4.69, 9.17) is 4.98 Å². The van der Waals surface area contributed by atoms with Gasteiger partial charge in [-0.25, -0.2) is 0 Å². The normalized spacial score (nSPS) is 10.9. The van der Waals surface area contributed by atoms with Gasteiger partial charge in [-0.3, -0.25) is 4.98 Å². The summed E-state index contributed by atoms with van der Waals surface area (Å²) in [6.07, 6.45) is 2.16. The van der Waals surface area contributed by atoms with E-state index >= 15 is 0 Å². The van der Waals surface area contributed by atoms with Gasteiger partial charge in [0.1, 0.15) is 0 Å². The van der Waals surface area contributed by atoms with Crippen molar-refractivity contribution in [1.29, 1.82) is 0 Å². The Hall–Kier alpha value is -0.854. The van der Waals surface area contributed by atoms with Crippen LogP contribution in [0.1, 0.15) is 25.5 Å². The van der Waals surface area contributed by atoms with Crippen molar-refractivity contribution in [3.63, 3.8) is 0 Å². The van der Waals surface area contributed by atoms with Crippen molar-refractivity contribution in [3.05, 3.63) is 60.4 Å². The van der Waals surface area contributed by atoms with Crippen LogP contribution in [0.25, 0.3) is 27.3 Å². The number of fused-ring (bicyclic) bond motifs is 6. The average Bonchev–Trinajstić information content (AvgIpc) is 2.93. The first-order valence-corrected chi connectivity index (χ1v) is 6.96. The number of para-hydroxylation sites is 1. The molecule has 0 amide bonds. The second-order valence-electron chi connectivity index (χ2n) is 5.49. The van der Waals surface area contributed by atoms with Crippen LogP contribution in [0.4, 0.5) is 0 Å². The van der Waals surface area contributed by atoms with Crippen LogP contribution in [-0.2, 0) is 0 Å². The third-order valence-corrected chi connectivity index (χ3v) is 3.85. The Kier molecular flexibility index (Phi) is 5.35. The quantitative estimate of drug-likeness (QED) is 0.199. The monoisotopic (exact) mass is 410 g/mol. The average molecular weight is 411 g/mol. The van der Waals surface area contributed by atoms with Gasteiger partial charge in [-0.2, -0.15) is 0 Å². The summed E-state index contributed by atoms with van der Waals surface area (Å²) in [5.74, 6) is 0.424. The molecule has 0 N–H and O–H groups in total. The van der Waals surface area contributed by atoms with Gasteiger partial charge >= 0.3 is 23.1 Å². The standard InChI is InChI=1S/C18H15N2.HI.Mg/c1-12(2)16-11-20-17-10-6-5-8-14(17)13-7-3-4-9-15(13)18(20)19-16;;/h3-8,10-12H,1-2H3;1H;/q-1;;+2/p-1. The molecule has 0 radical (unpaired) electrons. The van der Waals surface area contributed by atoms with Crippen molar-refractivity contribution in [1.82, 2.24) is 9.38 Å². The minimum absolute atomic E-state index is 0. The summed E-state index contributed by atoms with van der Waals surface area (Å²) in [7, 11) is 0. The molecule has 0 unspecified atom stereocenters. The van der Waals surface area contributed by atoms with Crippen LogP contribution in [0.15, 0.2) is 48.7 Å². The Morgan fingerprint density at radius 3 is 2.55 bits per heavy atom. The summed E-state index contributed by atoms with van der Waals surface area (Å²) in [6, 6.07) is 18.0. The number of halogens is 1. The van der Waals surface area contributed by atoms with Gasteiger partial charge in [-0.05, 0) is 17.4 Å². The first kappa shape index (κ1) is 17.5. The van der Waals surface area contributed by atoms with Crippen molar-refractivity contribution in [2.45, 2.75) is 19.8 Å². The second kappa shape index (κ2) is 6.72. The van der Waals surface area contributed by atoms with E-state index in [1.54, 1.807) is 0 Å². The fourth-order valence-electron chi connectivity index (χ4n) is 2.79. The van der Waals surface area contributed by atoms with E-state index in [1.165, 1.54) is 16.3 Å². The molecule has 2 aromatic carbocycles. The molecule has 2 nitrogen and oxygen atoms in total. The molecule has 22 heavy (non-hydrogen) atoms. The molecule has 4 rings (SSSR count). The van der Waals surface area contributed by atoms with E-state index in [1.807, 2.05) is 12.1 Å². The van der Waals surface area contributed by atoms with Crippen molar-refractivity contribution in [2.75, 3.05) is 0 Å². The smallest absolute Gasteiger partial charge is 1.00 e. The van der Waals surface area contributed by atoms with Gasteiger partial charge in [0.2, 0.25) is 0 Å². The predicted octanol–water partition coefficient (Wildman–Crippen LogP) is 1.19. The number of rotatable bonds is 1.